The lowest BCUT2D eigenvalue weighted by Crippen LogP contribution is -2.29. The van der Waals surface area contributed by atoms with E-state index in [0.717, 1.165) is 22.4 Å². The number of ether oxygens (including phenoxy) is 1. The van der Waals surface area contributed by atoms with Gasteiger partial charge in [-0.3, -0.25) is 4.79 Å². The molecule has 6 nitrogen and oxygen atoms in total. The number of thioether (sulfide) groups is 1. The molecule has 0 fully saturated rings. The van der Waals surface area contributed by atoms with Gasteiger partial charge in [0.05, 0.1) is 41.0 Å². The maximum atomic E-state index is 12.8. The minimum atomic E-state index is -0.709. The number of amides is 1. The Morgan fingerprint density at radius 1 is 1.18 bits per heavy atom. The molecule has 1 aliphatic rings. The summed E-state index contributed by atoms with van der Waals surface area (Å²) in [7, 11) is 1.30. The number of hydrogen-bond donors (Lipinski definition) is 2. The maximum absolute atomic E-state index is 12.8. The van der Waals surface area contributed by atoms with Gasteiger partial charge in [-0.2, -0.15) is 5.26 Å². The molecule has 1 heterocycles. The quantitative estimate of drug-likeness (QED) is 0.514. The van der Waals surface area contributed by atoms with Gasteiger partial charge in [0.1, 0.15) is 0 Å². The van der Waals surface area contributed by atoms with Gasteiger partial charge >= 0.3 is 5.97 Å². The van der Waals surface area contributed by atoms with E-state index in [9.17, 15) is 14.9 Å². The fraction of sp³-hybridized carbons (Fsp3) is 0.269. The molecule has 0 radical (unpaired) electrons. The second-order valence-corrected chi connectivity index (χ2v) is 9.47. The average Bonchev–Trinajstić information content (AvgIpc) is 2.79. The first-order valence-corrected chi connectivity index (χ1v) is 12.0. The highest BCUT2D eigenvalue weighted by Gasteiger charge is 2.36. The molecule has 3 rings (SSSR count). The van der Waals surface area contributed by atoms with Gasteiger partial charge in [-0.25, -0.2) is 4.79 Å². The lowest BCUT2D eigenvalue weighted by molar-refractivity contribution is -0.136. The van der Waals surface area contributed by atoms with E-state index in [-0.39, 0.29) is 11.7 Å². The molecule has 1 unspecified atom stereocenters. The highest BCUT2D eigenvalue weighted by atomic mass is 35.5. The van der Waals surface area contributed by atoms with E-state index in [1.807, 2.05) is 32.9 Å². The predicted octanol–water partition coefficient (Wildman–Crippen LogP) is 5.51. The Balaban J connectivity index is 1.92. The molecule has 2 aromatic carbocycles. The second kappa shape index (κ2) is 10.8. The fourth-order valence-electron chi connectivity index (χ4n) is 4.12. The van der Waals surface area contributed by atoms with Gasteiger partial charge in [0.2, 0.25) is 5.91 Å². The number of nitrogens with zero attached hydrogens (tertiary/aromatic N) is 1. The standard InChI is InChI=1S/C26H26ClN3O3S/c1-14-10-15(2)24(16(3)11-14)30-21(31)13-34-25-19(12-28)23(18-8-6-7-9-20(18)27)22(17(4)29-25)26(32)33-5/h6-11,23,29H,13H2,1-5H3,(H,30,31). The molecule has 1 amide bonds. The van der Waals surface area contributed by atoms with Crippen LogP contribution in [0.5, 0.6) is 0 Å². The van der Waals surface area contributed by atoms with E-state index >= 15 is 0 Å². The number of nitrogens with one attached hydrogen (secondary N) is 2. The Hall–Kier alpha value is -3.21. The van der Waals surface area contributed by atoms with Crippen molar-refractivity contribution >= 4 is 40.9 Å². The van der Waals surface area contributed by atoms with Crippen LogP contribution in [0.3, 0.4) is 0 Å². The summed E-state index contributed by atoms with van der Waals surface area (Å²) >= 11 is 7.66. The zero-order chi connectivity index (χ0) is 25.0. The van der Waals surface area contributed by atoms with Crippen molar-refractivity contribution in [3.8, 4) is 6.07 Å². The minimum absolute atomic E-state index is 0.0797. The van der Waals surface area contributed by atoms with E-state index in [1.54, 1.807) is 31.2 Å². The van der Waals surface area contributed by atoms with Gasteiger partial charge in [0.15, 0.2) is 0 Å². The number of carbonyl (C=O) groups is 2. The molecule has 0 bridgehead atoms. The number of hydrogen-bond acceptors (Lipinski definition) is 6. The van der Waals surface area contributed by atoms with Crippen LogP contribution >= 0.6 is 23.4 Å². The van der Waals surface area contributed by atoms with E-state index in [0.29, 0.717) is 32.5 Å². The van der Waals surface area contributed by atoms with Crippen LogP contribution in [0, 0.1) is 32.1 Å². The Morgan fingerprint density at radius 2 is 1.82 bits per heavy atom. The van der Waals surface area contributed by atoms with Crippen LogP contribution in [0.2, 0.25) is 5.02 Å². The SMILES string of the molecule is COC(=O)C1=C(C)NC(SCC(=O)Nc2c(C)cc(C)cc2C)=C(C#N)C1c1ccccc1Cl. The van der Waals surface area contributed by atoms with E-state index in [2.05, 4.69) is 16.7 Å². The maximum Gasteiger partial charge on any atom is 0.336 e. The molecule has 34 heavy (non-hydrogen) atoms. The number of esters is 1. The van der Waals surface area contributed by atoms with Crippen molar-refractivity contribution in [1.29, 1.82) is 5.26 Å². The summed E-state index contributed by atoms with van der Waals surface area (Å²) in [5.41, 5.74) is 5.69. The van der Waals surface area contributed by atoms with E-state index in [4.69, 9.17) is 16.3 Å². The molecule has 1 aliphatic heterocycles. The van der Waals surface area contributed by atoms with Gasteiger partial charge in [0, 0.05) is 16.4 Å². The number of allylic oxidation sites excluding steroid dienone is 2. The Labute approximate surface area is 209 Å². The van der Waals surface area contributed by atoms with Gasteiger partial charge in [-0.05, 0) is 50.5 Å². The average molecular weight is 496 g/mol. The first-order chi connectivity index (χ1) is 16.2. The Bertz CT molecular complexity index is 1240. The molecule has 176 valence electrons. The zero-order valence-corrected chi connectivity index (χ0v) is 21.3. The lowest BCUT2D eigenvalue weighted by Gasteiger charge is -2.29. The number of benzene rings is 2. The first kappa shape index (κ1) is 25.4. The summed E-state index contributed by atoms with van der Waals surface area (Å²) in [5.74, 6) is -1.37. The van der Waals surface area contributed by atoms with Crippen LogP contribution in [0.4, 0.5) is 5.69 Å². The van der Waals surface area contributed by atoms with Gasteiger partial charge in [-0.15, -0.1) is 0 Å². The van der Waals surface area contributed by atoms with Gasteiger partial charge in [0.25, 0.3) is 0 Å². The third kappa shape index (κ3) is 5.30. The number of rotatable bonds is 6. The molecule has 0 saturated heterocycles. The Morgan fingerprint density at radius 3 is 2.41 bits per heavy atom. The summed E-state index contributed by atoms with van der Waals surface area (Å²) in [6.45, 7) is 7.67. The number of anilines is 1. The fourth-order valence-corrected chi connectivity index (χ4v) is 5.25. The molecule has 0 aromatic heterocycles. The monoisotopic (exact) mass is 495 g/mol. The normalized spacial score (nSPS) is 15.5. The summed E-state index contributed by atoms with van der Waals surface area (Å²) in [5, 5.41) is 17.1. The molecular formula is C26H26ClN3O3S. The molecule has 0 saturated carbocycles. The van der Waals surface area contributed by atoms with Crippen LogP contribution in [-0.2, 0) is 14.3 Å². The molecule has 1 atom stereocenters. The number of nitriles is 1. The van der Waals surface area contributed by atoms with Crippen molar-refractivity contribution < 1.29 is 14.3 Å². The number of methoxy groups -OCH3 is 1. The number of aryl methyl sites for hydroxylation is 3. The van der Waals surface area contributed by atoms with Crippen molar-refractivity contribution in [3.63, 3.8) is 0 Å². The summed E-state index contributed by atoms with van der Waals surface area (Å²) < 4.78 is 4.99. The molecule has 0 spiro atoms. The van der Waals surface area contributed by atoms with Crippen LogP contribution in [0.25, 0.3) is 0 Å². The minimum Gasteiger partial charge on any atom is -0.466 e. The van der Waals surface area contributed by atoms with Crippen LogP contribution in [0.15, 0.2) is 58.3 Å². The van der Waals surface area contributed by atoms with Crippen molar-refractivity contribution in [3.05, 3.63) is 85.5 Å². The van der Waals surface area contributed by atoms with Gasteiger partial charge in [-0.1, -0.05) is 59.3 Å². The van der Waals surface area contributed by atoms with Crippen LogP contribution < -0.4 is 10.6 Å². The third-order valence-corrected chi connectivity index (χ3v) is 6.92. The van der Waals surface area contributed by atoms with Crippen molar-refractivity contribution in [1.82, 2.24) is 5.32 Å². The van der Waals surface area contributed by atoms with E-state index < -0.39 is 11.9 Å². The number of dihydropyridines is 1. The number of halogens is 1. The first-order valence-electron chi connectivity index (χ1n) is 10.6. The molecule has 2 N–H and O–H groups in total. The van der Waals surface area contributed by atoms with Gasteiger partial charge < -0.3 is 15.4 Å². The molecule has 2 aromatic rings. The molecule has 8 heteroatoms. The largest absolute Gasteiger partial charge is 0.466 e. The third-order valence-electron chi connectivity index (χ3n) is 5.56. The van der Waals surface area contributed by atoms with Crippen molar-refractivity contribution in [2.24, 2.45) is 0 Å². The van der Waals surface area contributed by atoms with Crippen molar-refractivity contribution in [2.75, 3.05) is 18.2 Å². The van der Waals surface area contributed by atoms with Crippen LogP contribution in [0.1, 0.15) is 35.1 Å². The lowest BCUT2D eigenvalue weighted by atomic mass is 9.82. The Kier molecular flexibility index (Phi) is 8.08. The number of carbonyl (C=O) groups excluding carboxylic acids is 2. The topological polar surface area (TPSA) is 91.2 Å². The van der Waals surface area contributed by atoms with Crippen molar-refractivity contribution in [2.45, 2.75) is 33.6 Å². The predicted molar refractivity (Wildman–Crippen MR) is 136 cm³/mol. The van der Waals surface area contributed by atoms with Crippen LogP contribution in [-0.4, -0.2) is 24.7 Å². The second-order valence-electron chi connectivity index (χ2n) is 8.07. The van der Waals surface area contributed by atoms with E-state index in [1.165, 1.54) is 18.9 Å². The highest BCUT2D eigenvalue weighted by Crippen LogP contribution is 2.43. The summed E-state index contributed by atoms with van der Waals surface area (Å²) in [6, 6.07) is 13.3. The highest BCUT2D eigenvalue weighted by molar-refractivity contribution is 8.03. The molecular weight excluding hydrogens is 470 g/mol. The molecule has 0 aliphatic carbocycles. The smallest absolute Gasteiger partial charge is 0.336 e. The summed E-state index contributed by atoms with van der Waals surface area (Å²) in [4.78, 5) is 25.4. The zero-order valence-electron chi connectivity index (χ0n) is 19.7. The summed E-state index contributed by atoms with van der Waals surface area (Å²) in [6.07, 6.45) is 0.